The standard InChI is InChI=1S/C16H24N2O3/c1-2-18-9-4-8-17(15(19)14-5-3-10-21-14)13-16(18)6-11-20-12-7-16/h3,5,10H,2,4,6-9,11-13H2,1H3. The molecule has 5 heteroatoms. The van der Waals surface area contributed by atoms with Crippen molar-refractivity contribution in [3.63, 3.8) is 0 Å². The van der Waals surface area contributed by atoms with Crippen LogP contribution in [-0.4, -0.2) is 60.6 Å². The van der Waals surface area contributed by atoms with Crippen molar-refractivity contribution in [3.05, 3.63) is 24.2 Å². The molecule has 0 radical (unpaired) electrons. The summed E-state index contributed by atoms with van der Waals surface area (Å²) in [5.74, 6) is 0.464. The van der Waals surface area contributed by atoms with Gasteiger partial charge in [-0.25, -0.2) is 0 Å². The zero-order valence-electron chi connectivity index (χ0n) is 12.7. The second kappa shape index (κ2) is 6.20. The van der Waals surface area contributed by atoms with Gasteiger partial charge in [-0.2, -0.15) is 0 Å². The molecule has 3 heterocycles. The number of amides is 1. The molecule has 0 saturated carbocycles. The minimum Gasteiger partial charge on any atom is -0.459 e. The fourth-order valence-corrected chi connectivity index (χ4v) is 3.67. The third kappa shape index (κ3) is 2.85. The SMILES string of the molecule is CCN1CCCN(C(=O)c2ccco2)CC12CCOCC2. The van der Waals surface area contributed by atoms with Crippen LogP contribution in [0.5, 0.6) is 0 Å². The van der Waals surface area contributed by atoms with Gasteiger partial charge < -0.3 is 14.1 Å². The van der Waals surface area contributed by atoms with Gasteiger partial charge in [0.15, 0.2) is 5.76 Å². The second-order valence-corrected chi connectivity index (χ2v) is 5.97. The van der Waals surface area contributed by atoms with Crippen LogP contribution in [0.1, 0.15) is 36.7 Å². The lowest BCUT2D eigenvalue weighted by atomic mass is 9.87. The normalized spacial score (nSPS) is 23.2. The maximum atomic E-state index is 12.6. The lowest BCUT2D eigenvalue weighted by Crippen LogP contribution is -2.57. The number of carbonyl (C=O) groups is 1. The van der Waals surface area contributed by atoms with E-state index in [1.165, 1.54) is 0 Å². The first-order valence-electron chi connectivity index (χ1n) is 7.91. The molecule has 0 aliphatic carbocycles. The van der Waals surface area contributed by atoms with Gasteiger partial charge in [-0.05, 0) is 37.9 Å². The molecule has 2 aliphatic heterocycles. The lowest BCUT2D eigenvalue weighted by molar-refractivity contribution is -0.0309. The molecular weight excluding hydrogens is 268 g/mol. The topological polar surface area (TPSA) is 45.9 Å². The van der Waals surface area contributed by atoms with Gasteiger partial charge in [0.25, 0.3) is 5.91 Å². The maximum Gasteiger partial charge on any atom is 0.289 e. The minimum absolute atomic E-state index is 0.0174. The molecule has 116 valence electrons. The van der Waals surface area contributed by atoms with Crippen molar-refractivity contribution >= 4 is 5.91 Å². The first-order valence-corrected chi connectivity index (χ1v) is 7.91. The van der Waals surface area contributed by atoms with Crippen LogP contribution >= 0.6 is 0 Å². The summed E-state index contributed by atoms with van der Waals surface area (Å²) in [6, 6.07) is 3.52. The molecule has 3 rings (SSSR count). The average molecular weight is 292 g/mol. The van der Waals surface area contributed by atoms with Crippen LogP contribution in [0, 0.1) is 0 Å². The Labute approximate surface area is 125 Å². The number of rotatable bonds is 2. The van der Waals surface area contributed by atoms with Gasteiger partial charge in [0, 0.05) is 38.4 Å². The summed E-state index contributed by atoms with van der Waals surface area (Å²) in [6.07, 6.45) is 4.59. The molecule has 1 aromatic rings. The Morgan fingerprint density at radius 1 is 1.33 bits per heavy atom. The van der Waals surface area contributed by atoms with Crippen LogP contribution in [0.4, 0.5) is 0 Å². The second-order valence-electron chi connectivity index (χ2n) is 5.97. The first-order chi connectivity index (χ1) is 10.2. The number of carbonyl (C=O) groups excluding carboxylic acids is 1. The van der Waals surface area contributed by atoms with Gasteiger partial charge in [-0.1, -0.05) is 6.92 Å². The van der Waals surface area contributed by atoms with Crippen molar-refractivity contribution in [1.82, 2.24) is 9.80 Å². The van der Waals surface area contributed by atoms with Crippen LogP contribution in [0.15, 0.2) is 22.8 Å². The van der Waals surface area contributed by atoms with E-state index in [9.17, 15) is 4.79 Å². The Bertz CT molecular complexity index is 466. The van der Waals surface area contributed by atoms with E-state index in [2.05, 4.69) is 11.8 Å². The predicted molar refractivity (Wildman–Crippen MR) is 79.3 cm³/mol. The lowest BCUT2D eigenvalue weighted by Gasteiger charge is -2.46. The van der Waals surface area contributed by atoms with E-state index in [1.54, 1.807) is 18.4 Å². The summed E-state index contributed by atoms with van der Waals surface area (Å²) in [5, 5.41) is 0. The molecule has 2 saturated heterocycles. The van der Waals surface area contributed by atoms with E-state index in [4.69, 9.17) is 9.15 Å². The van der Waals surface area contributed by atoms with Crippen molar-refractivity contribution in [2.75, 3.05) is 39.4 Å². The van der Waals surface area contributed by atoms with Crippen molar-refractivity contribution in [3.8, 4) is 0 Å². The highest BCUT2D eigenvalue weighted by atomic mass is 16.5. The highest BCUT2D eigenvalue weighted by Gasteiger charge is 2.42. The van der Waals surface area contributed by atoms with Gasteiger partial charge in [0.2, 0.25) is 0 Å². The van der Waals surface area contributed by atoms with E-state index in [0.717, 1.165) is 58.7 Å². The molecule has 5 nitrogen and oxygen atoms in total. The largest absolute Gasteiger partial charge is 0.459 e. The quantitative estimate of drug-likeness (QED) is 0.836. The number of hydrogen-bond donors (Lipinski definition) is 0. The van der Waals surface area contributed by atoms with E-state index in [0.29, 0.717) is 5.76 Å². The fourth-order valence-electron chi connectivity index (χ4n) is 3.67. The highest BCUT2D eigenvalue weighted by molar-refractivity contribution is 5.91. The zero-order chi connectivity index (χ0) is 14.7. The smallest absolute Gasteiger partial charge is 0.289 e. The molecule has 2 fully saturated rings. The number of likely N-dealkylation sites (N-methyl/N-ethyl adjacent to an activating group) is 1. The fraction of sp³-hybridized carbons (Fsp3) is 0.688. The summed E-state index contributed by atoms with van der Waals surface area (Å²) >= 11 is 0. The van der Waals surface area contributed by atoms with Crippen molar-refractivity contribution in [2.45, 2.75) is 31.7 Å². The molecule has 1 aromatic heterocycles. The Morgan fingerprint density at radius 2 is 2.14 bits per heavy atom. The first kappa shape index (κ1) is 14.6. The number of nitrogens with zero attached hydrogens (tertiary/aromatic N) is 2. The van der Waals surface area contributed by atoms with E-state index < -0.39 is 0 Å². The average Bonchev–Trinajstić information content (AvgIpc) is 2.99. The maximum absolute atomic E-state index is 12.6. The summed E-state index contributed by atoms with van der Waals surface area (Å²) in [6.45, 7) is 7.46. The molecule has 2 aliphatic rings. The summed E-state index contributed by atoms with van der Waals surface area (Å²) in [4.78, 5) is 17.1. The molecule has 0 N–H and O–H groups in total. The molecule has 0 atom stereocenters. The van der Waals surface area contributed by atoms with Crippen LogP contribution in [-0.2, 0) is 4.74 Å². The summed E-state index contributed by atoms with van der Waals surface area (Å²) in [5.41, 5.74) is 0.0752. The number of ether oxygens (including phenoxy) is 1. The number of hydrogen-bond acceptors (Lipinski definition) is 4. The van der Waals surface area contributed by atoms with E-state index in [-0.39, 0.29) is 11.4 Å². The van der Waals surface area contributed by atoms with Crippen LogP contribution in [0.25, 0.3) is 0 Å². The Morgan fingerprint density at radius 3 is 2.81 bits per heavy atom. The highest BCUT2D eigenvalue weighted by Crippen LogP contribution is 2.31. The van der Waals surface area contributed by atoms with Crippen LogP contribution in [0.3, 0.4) is 0 Å². The van der Waals surface area contributed by atoms with Crippen LogP contribution in [0.2, 0.25) is 0 Å². The Balaban J connectivity index is 1.82. The monoisotopic (exact) mass is 292 g/mol. The van der Waals surface area contributed by atoms with Crippen LogP contribution < -0.4 is 0 Å². The summed E-state index contributed by atoms with van der Waals surface area (Å²) < 4.78 is 10.8. The van der Waals surface area contributed by atoms with Crippen molar-refractivity contribution < 1.29 is 13.9 Å². The summed E-state index contributed by atoms with van der Waals surface area (Å²) in [7, 11) is 0. The van der Waals surface area contributed by atoms with Gasteiger partial charge in [-0.3, -0.25) is 9.69 Å². The van der Waals surface area contributed by atoms with E-state index in [1.807, 2.05) is 4.90 Å². The van der Waals surface area contributed by atoms with Gasteiger partial charge in [-0.15, -0.1) is 0 Å². The Kier molecular flexibility index (Phi) is 4.31. The molecule has 1 amide bonds. The van der Waals surface area contributed by atoms with Crippen molar-refractivity contribution in [2.24, 2.45) is 0 Å². The predicted octanol–water partition coefficient (Wildman–Crippen LogP) is 2.00. The third-order valence-corrected chi connectivity index (χ3v) is 4.84. The molecule has 0 unspecified atom stereocenters. The molecule has 1 spiro atoms. The van der Waals surface area contributed by atoms with E-state index >= 15 is 0 Å². The minimum atomic E-state index is 0.0174. The third-order valence-electron chi connectivity index (χ3n) is 4.84. The van der Waals surface area contributed by atoms with Crippen molar-refractivity contribution in [1.29, 1.82) is 0 Å². The van der Waals surface area contributed by atoms with Gasteiger partial charge in [0.1, 0.15) is 0 Å². The van der Waals surface area contributed by atoms with Gasteiger partial charge in [0.05, 0.1) is 6.26 Å². The number of furan rings is 1. The molecular formula is C16H24N2O3. The zero-order valence-corrected chi connectivity index (χ0v) is 12.7. The Hall–Kier alpha value is -1.33. The molecule has 0 aromatic carbocycles. The van der Waals surface area contributed by atoms with Gasteiger partial charge >= 0.3 is 0 Å². The molecule has 21 heavy (non-hydrogen) atoms. The molecule has 0 bridgehead atoms.